The van der Waals surface area contributed by atoms with Crippen molar-refractivity contribution in [3.63, 3.8) is 0 Å². The standard InChI is InChI=1S/C19H16N4O5/c1-28-16-8-4-14(5-9-16)20-18(24)12-22-19(25)11-10-17(21-22)13-2-6-15(7-3-13)23(26)27/h2-11H,12H2,1H3,(H,20,24). The lowest BCUT2D eigenvalue weighted by molar-refractivity contribution is -0.384. The van der Waals surface area contributed by atoms with Gasteiger partial charge in [0.25, 0.3) is 11.2 Å². The first-order valence-electron chi connectivity index (χ1n) is 8.23. The van der Waals surface area contributed by atoms with Gasteiger partial charge in [0, 0.05) is 29.4 Å². The van der Waals surface area contributed by atoms with Gasteiger partial charge in [0.15, 0.2) is 0 Å². The lowest BCUT2D eigenvalue weighted by Crippen LogP contribution is -2.29. The van der Waals surface area contributed by atoms with Crippen molar-refractivity contribution in [2.45, 2.75) is 6.54 Å². The van der Waals surface area contributed by atoms with Gasteiger partial charge in [-0.2, -0.15) is 5.10 Å². The molecule has 3 aromatic rings. The smallest absolute Gasteiger partial charge is 0.269 e. The maximum absolute atomic E-state index is 12.2. The van der Waals surface area contributed by atoms with Crippen molar-refractivity contribution >= 4 is 17.3 Å². The highest BCUT2D eigenvalue weighted by Gasteiger charge is 2.10. The van der Waals surface area contributed by atoms with E-state index >= 15 is 0 Å². The Balaban J connectivity index is 1.76. The Bertz CT molecular complexity index is 1060. The van der Waals surface area contributed by atoms with Crippen LogP contribution in [0.2, 0.25) is 0 Å². The third kappa shape index (κ3) is 4.39. The Kier molecular flexibility index (Phi) is 5.45. The molecule has 9 nitrogen and oxygen atoms in total. The Hall–Kier alpha value is -4.01. The highest BCUT2D eigenvalue weighted by Crippen LogP contribution is 2.19. The van der Waals surface area contributed by atoms with Gasteiger partial charge in [-0.15, -0.1) is 0 Å². The Morgan fingerprint density at radius 3 is 2.39 bits per heavy atom. The zero-order valence-electron chi connectivity index (χ0n) is 14.9. The molecular weight excluding hydrogens is 364 g/mol. The molecule has 0 bridgehead atoms. The number of nitro benzene ring substituents is 1. The molecule has 3 rings (SSSR count). The summed E-state index contributed by atoms with van der Waals surface area (Å²) in [5, 5.41) is 17.6. The normalized spacial score (nSPS) is 10.3. The van der Waals surface area contributed by atoms with Crippen LogP contribution in [-0.4, -0.2) is 27.7 Å². The van der Waals surface area contributed by atoms with E-state index in [4.69, 9.17) is 4.74 Å². The summed E-state index contributed by atoms with van der Waals surface area (Å²) in [6, 6.07) is 15.3. The van der Waals surface area contributed by atoms with Crippen LogP contribution in [0.4, 0.5) is 11.4 Å². The van der Waals surface area contributed by atoms with Crippen molar-refractivity contribution < 1.29 is 14.5 Å². The van der Waals surface area contributed by atoms with Crippen molar-refractivity contribution in [2.24, 2.45) is 0 Å². The van der Waals surface area contributed by atoms with Gasteiger partial charge in [-0.25, -0.2) is 4.68 Å². The largest absolute Gasteiger partial charge is 0.497 e. The number of benzene rings is 2. The summed E-state index contributed by atoms with van der Waals surface area (Å²) in [5.41, 5.74) is 1.10. The van der Waals surface area contributed by atoms with Crippen LogP contribution in [0.25, 0.3) is 11.3 Å². The summed E-state index contributed by atoms with van der Waals surface area (Å²) >= 11 is 0. The predicted molar refractivity (Wildman–Crippen MR) is 102 cm³/mol. The molecular formula is C19H16N4O5. The number of nitro groups is 1. The van der Waals surface area contributed by atoms with Crippen LogP contribution >= 0.6 is 0 Å². The zero-order valence-corrected chi connectivity index (χ0v) is 14.9. The molecule has 0 saturated carbocycles. The second-order valence-electron chi connectivity index (χ2n) is 5.80. The second kappa shape index (κ2) is 8.12. The van der Waals surface area contributed by atoms with E-state index < -0.39 is 16.4 Å². The van der Waals surface area contributed by atoms with Gasteiger partial charge >= 0.3 is 0 Å². The first kappa shape index (κ1) is 18.8. The average Bonchev–Trinajstić information content (AvgIpc) is 2.70. The van der Waals surface area contributed by atoms with Gasteiger partial charge in [0.1, 0.15) is 12.3 Å². The lowest BCUT2D eigenvalue weighted by Gasteiger charge is -2.09. The number of rotatable bonds is 6. The third-order valence-electron chi connectivity index (χ3n) is 3.91. The molecule has 1 heterocycles. The molecule has 0 aliphatic carbocycles. The van der Waals surface area contributed by atoms with E-state index in [9.17, 15) is 19.7 Å². The molecule has 1 aromatic heterocycles. The van der Waals surface area contributed by atoms with E-state index in [2.05, 4.69) is 10.4 Å². The van der Waals surface area contributed by atoms with E-state index in [0.29, 0.717) is 22.7 Å². The number of hydrogen-bond donors (Lipinski definition) is 1. The van der Waals surface area contributed by atoms with Gasteiger partial charge in [-0.05, 0) is 42.5 Å². The van der Waals surface area contributed by atoms with Crippen molar-refractivity contribution in [3.8, 4) is 17.0 Å². The lowest BCUT2D eigenvalue weighted by atomic mass is 10.1. The van der Waals surface area contributed by atoms with Crippen LogP contribution in [0.1, 0.15) is 0 Å². The molecule has 142 valence electrons. The van der Waals surface area contributed by atoms with Crippen molar-refractivity contribution in [2.75, 3.05) is 12.4 Å². The number of non-ortho nitro benzene ring substituents is 1. The number of methoxy groups -OCH3 is 1. The average molecular weight is 380 g/mol. The fraction of sp³-hybridized carbons (Fsp3) is 0.105. The van der Waals surface area contributed by atoms with Crippen LogP contribution < -0.4 is 15.6 Å². The van der Waals surface area contributed by atoms with Crippen LogP contribution in [0, 0.1) is 10.1 Å². The number of carbonyl (C=O) groups is 1. The maximum Gasteiger partial charge on any atom is 0.269 e. The Morgan fingerprint density at radius 2 is 1.79 bits per heavy atom. The van der Waals surface area contributed by atoms with Crippen LogP contribution in [-0.2, 0) is 11.3 Å². The minimum Gasteiger partial charge on any atom is -0.497 e. The number of carbonyl (C=O) groups excluding carboxylic acids is 1. The van der Waals surface area contributed by atoms with Gasteiger partial charge in [-0.3, -0.25) is 19.7 Å². The minimum absolute atomic E-state index is 0.0454. The molecule has 0 unspecified atom stereocenters. The van der Waals surface area contributed by atoms with Crippen LogP contribution in [0.5, 0.6) is 5.75 Å². The van der Waals surface area contributed by atoms with Crippen molar-refractivity contribution in [1.29, 1.82) is 0 Å². The van der Waals surface area contributed by atoms with E-state index in [1.54, 1.807) is 31.4 Å². The molecule has 0 spiro atoms. The Labute approximate surface area is 159 Å². The highest BCUT2D eigenvalue weighted by molar-refractivity contribution is 5.90. The minimum atomic E-state index is -0.498. The van der Waals surface area contributed by atoms with Crippen LogP contribution in [0.15, 0.2) is 65.5 Å². The summed E-state index contributed by atoms with van der Waals surface area (Å²) in [4.78, 5) is 34.5. The van der Waals surface area contributed by atoms with Gasteiger partial charge in [0.2, 0.25) is 5.91 Å². The number of aromatic nitrogens is 2. The molecule has 0 aliphatic heterocycles. The van der Waals surface area contributed by atoms with Gasteiger partial charge in [0.05, 0.1) is 17.7 Å². The molecule has 1 amide bonds. The summed E-state index contributed by atoms with van der Waals surface area (Å²) in [6.45, 7) is -0.272. The summed E-state index contributed by atoms with van der Waals surface area (Å²) in [5.74, 6) is 0.243. The second-order valence-corrected chi connectivity index (χ2v) is 5.80. The molecule has 2 aromatic carbocycles. The van der Waals surface area contributed by atoms with Gasteiger partial charge in [-0.1, -0.05) is 0 Å². The maximum atomic E-state index is 12.2. The first-order chi connectivity index (χ1) is 13.5. The SMILES string of the molecule is COc1ccc(NC(=O)Cn2nc(-c3ccc([N+](=O)[O-])cc3)ccc2=O)cc1. The Morgan fingerprint density at radius 1 is 1.11 bits per heavy atom. The topological polar surface area (TPSA) is 116 Å². The quantitative estimate of drug-likeness (QED) is 0.519. The van der Waals surface area contributed by atoms with E-state index in [1.165, 1.54) is 36.4 Å². The van der Waals surface area contributed by atoms with Crippen molar-refractivity contribution in [3.05, 3.63) is 81.1 Å². The predicted octanol–water partition coefficient (Wildman–Crippen LogP) is 2.47. The number of hydrogen-bond acceptors (Lipinski definition) is 6. The molecule has 9 heteroatoms. The summed E-state index contributed by atoms with van der Waals surface area (Å²) < 4.78 is 6.09. The van der Waals surface area contributed by atoms with E-state index in [1.807, 2.05) is 0 Å². The summed E-state index contributed by atoms with van der Waals surface area (Å²) in [6.07, 6.45) is 0. The zero-order chi connectivity index (χ0) is 20.1. The molecule has 0 aliphatic rings. The molecule has 0 atom stereocenters. The van der Waals surface area contributed by atoms with E-state index in [-0.39, 0.29) is 12.2 Å². The molecule has 28 heavy (non-hydrogen) atoms. The molecule has 0 saturated heterocycles. The fourth-order valence-corrected chi connectivity index (χ4v) is 2.48. The monoisotopic (exact) mass is 380 g/mol. The molecule has 1 N–H and O–H groups in total. The molecule has 0 fully saturated rings. The molecule has 0 radical (unpaired) electrons. The number of nitrogens with one attached hydrogen (secondary N) is 1. The summed E-state index contributed by atoms with van der Waals surface area (Å²) in [7, 11) is 1.55. The number of anilines is 1. The number of ether oxygens (including phenoxy) is 1. The highest BCUT2D eigenvalue weighted by atomic mass is 16.6. The van der Waals surface area contributed by atoms with Gasteiger partial charge < -0.3 is 10.1 Å². The number of amides is 1. The number of nitrogens with zero attached hydrogens (tertiary/aromatic N) is 3. The third-order valence-corrected chi connectivity index (χ3v) is 3.91. The van der Waals surface area contributed by atoms with Crippen LogP contribution in [0.3, 0.4) is 0 Å². The van der Waals surface area contributed by atoms with Crippen molar-refractivity contribution in [1.82, 2.24) is 9.78 Å². The van der Waals surface area contributed by atoms with E-state index in [0.717, 1.165) is 4.68 Å². The first-order valence-corrected chi connectivity index (χ1v) is 8.23. The fourth-order valence-electron chi connectivity index (χ4n) is 2.48.